The molecule has 39 heavy (non-hydrogen) atoms. The molecule has 2 aromatic carbocycles. The standard InChI is InChI=1S/2C14H13Cl2NO2.Mg.2H/c2*1-14(2,3)13(19)10(7-17)12(18)9-5-4-8(15)6-11(9)16;;;/h2*4-6,18H,1-3H3;;;. The molecule has 0 spiro atoms. The molecule has 0 saturated heterocycles. The maximum Gasteiger partial charge on any atom is 0.316 e. The molecule has 0 aromatic heterocycles. The molecule has 2 N–H and O–H groups in total. The summed E-state index contributed by atoms with van der Waals surface area (Å²) in [6.07, 6.45) is 0. The predicted molar refractivity (Wildman–Crippen MR) is 161 cm³/mol. The van der Waals surface area contributed by atoms with Crippen LogP contribution in [0.2, 0.25) is 20.1 Å². The fourth-order valence-corrected chi connectivity index (χ4v) is 3.80. The Labute approximate surface area is 264 Å². The van der Waals surface area contributed by atoms with Gasteiger partial charge in [0.25, 0.3) is 0 Å². The number of Topliss-reactive ketones (excluding diaryl/α,β-unsaturated/α-hetero) is 2. The molecule has 0 aliphatic rings. The number of ketones is 2. The second-order valence-corrected chi connectivity index (χ2v) is 11.8. The molecule has 0 aliphatic carbocycles. The van der Waals surface area contributed by atoms with Gasteiger partial charge in [-0.2, -0.15) is 10.5 Å². The molecule has 2 aromatic rings. The first-order valence-electron chi connectivity index (χ1n) is 11.0. The Morgan fingerprint density at radius 2 is 0.949 bits per heavy atom. The molecule has 0 radical (unpaired) electrons. The van der Waals surface area contributed by atoms with Crippen LogP contribution in [-0.4, -0.2) is 44.8 Å². The van der Waals surface area contributed by atoms with Gasteiger partial charge >= 0.3 is 23.1 Å². The highest BCUT2D eigenvalue weighted by Gasteiger charge is 2.29. The van der Waals surface area contributed by atoms with E-state index in [-0.39, 0.29) is 55.4 Å². The lowest BCUT2D eigenvalue weighted by atomic mass is 9.85. The van der Waals surface area contributed by atoms with Crippen molar-refractivity contribution in [1.29, 1.82) is 10.5 Å². The first kappa shape index (κ1) is 36.8. The summed E-state index contributed by atoms with van der Waals surface area (Å²) in [6.45, 7) is 10.0. The van der Waals surface area contributed by atoms with Crippen molar-refractivity contribution >= 4 is 92.5 Å². The van der Waals surface area contributed by atoms with E-state index in [1.807, 2.05) is 0 Å². The summed E-state index contributed by atoms with van der Waals surface area (Å²) in [5.74, 6) is -1.75. The van der Waals surface area contributed by atoms with Crippen LogP contribution in [-0.2, 0) is 9.59 Å². The van der Waals surface area contributed by atoms with Gasteiger partial charge in [-0.25, -0.2) is 0 Å². The van der Waals surface area contributed by atoms with E-state index in [0.717, 1.165) is 0 Å². The highest BCUT2D eigenvalue weighted by molar-refractivity contribution is 6.36. The predicted octanol–water partition coefficient (Wildman–Crippen LogP) is 7.89. The van der Waals surface area contributed by atoms with E-state index in [0.29, 0.717) is 10.0 Å². The van der Waals surface area contributed by atoms with Crippen molar-refractivity contribution in [2.75, 3.05) is 0 Å². The molecule has 204 valence electrons. The fraction of sp³-hybridized carbons (Fsp3) is 0.286. The Morgan fingerprint density at radius 3 is 1.15 bits per heavy atom. The number of hydrogen-bond acceptors (Lipinski definition) is 6. The van der Waals surface area contributed by atoms with Gasteiger partial charge < -0.3 is 10.2 Å². The molecular weight excluding hydrogens is 594 g/mol. The lowest BCUT2D eigenvalue weighted by Crippen LogP contribution is -2.22. The molecule has 0 unspecified atom stereocenters. The van der Waals surface area contributed by atoms with Gasteiger partial charge in [0.2, 0.25) is 0 Å². The van der Waals surface area contributed by atoms with E-state index in [2.05, 4.69) is 0 Å². The van der Waals surface area contributed by atoms with Gasteiger partial charge in [0.1, 0.15) is 34.8 Å². The number of allylic oxidation sites excluding steroid dienone is 2. The molecule has 6 nitrogen and oxygen atoms in total. The quantitative estimate of drug-likeness (QED) is 0.155. The van der Waals surface area contributed by atoms with Crippen LogP contribution in [0.1, 0.15) is 52.7 Å². The zero-order chi connectivity index (χ0) is 29.6. The summed E-state index contributed by atoms with van der Waals surface area (Å²) in [5.41, 5.74) is -1.73. The van der Waals surface area contributed by atoms with Gasteiger partial charge in [-0.05, 0) is 36.4 Å². The number of hydrogen-bond donors (Lipinski definition) is 2. The molecule has 0 atom stereocenters. The summed E-state index contributed by atoms with van der Waals surface area (Å²) in [4.78, 5) is 24.2. The van der Waals surface area contributed by atoms with Crippen LogP contribution in [0.25, 0.3) is 11.5 Å². The first-order chi connectivity index (χ1) is 17.4. The van der Waals surface area contributed by atoms with Gasteiger partial charge in [-0.3, -0.25) is 9.59 Å². The average Bonchev–Trinajstić information content (AvgIpc) is 2.79. The number of aliphatic hydroxyl groups excluding tert-OH is 2. The lowest BCUT2D eigenvalue weighted by molar-refractivity contribution is -0.122. The summed E-state index contributed by atoms with van der Waals surface area (Å²) in [6, 6.07) is 12.3. The maximum absolute atomic E-state index is 12.1. The number of nitrogens with zero attached hydrogens (tertiary/aromatic N) is 2. The lowest BCUT2D eigenvalue weighted by Gasteiger charge is -2.16. The summed E-state index contributed by atoms with van der Waals surface area (Å²) < 4.78 is 0. The molecule has 11 heteroatoms. The van der Waals surface area contributed by atoms with Crippen molar-refractivity contribution in [3.63, 3.8) is 0 Å². The SMILES string of the molecule is CC(C)(C)C(=O)C(C#N)=C(O)c1ccc(Cl)cc1Cl.CC(C)(C)C(=O)C(C#N)=C(O)c1ccc(Cl)cc1Cl.[MgH2]. The minimum absolute atomic E-state index is 0. The van der Waals surface area contributed by atoms with Crippen LogP contribution >= 0.6 is 46.4 Å². The second-order valence-electron chi connectivity index (χ2n) is 10.1. The van der Waals surface area contributed by atoms with E-state index in [1.165, 1.54) is 36.4 Å². The second kappa shape index (κ2) is 15.0. The number of rotatable bonds is 4. The smallest absolute Gasteiger partial charge is 0.316 e. The van der Waals surface area contributed by atoms with E-state index in [1.54, 1.807) is 53.7 Å². The zero-order valence-corrected chi connectivity index (χ0v) is 24.6. The zero-order valence-electron chi connectivity index (χ0n) is 21.6. The van der Waals surface area contributed by atoms with Crippen LogP contribution in [0.5, 0.6) is 0 Å². The Hall–Kier alpha value is -2.23. The summed E-state index contributed by atoms with van der Waals surface area (Å²) in [7, 11) is 0. The summed E-state index contributed by atoms with van der Waals surface area (Å²) >= 11 is 23.4. The van der Waals surface area contributed by atoms with Crippen LogP contribution in [0, 0.1) is 33.5 Å². The Balaban J connectivity index is 0.000000722. The number of aliphatic hydroxyl groups is 2. The topological polar surface area (TPSA) is 122 Å². The number of nitriles is 2. The minimum Gasteiger partial charge on any atom is -0.506 e. The first-order valence-corrected chi connectivity index (χ1v) is 12.5. The van der Waals surface area contributed by atoms with Gasteiger partial charge in [0, 0.05) is 32.0 Å². The molecule has 0 heterocycles. The number of benzene rings is 2. The van der Waals surface area contributed by atoms with Crippen LogP contribution < -0.4 is 0 Å². The third kappa shape index (κ3) is 10.0. The van der Waals surface area contributed by atoms with Crippen molar-refractivity contribution in [3.05, 3.63) is 78.8 Å². The highest BCUT2D eigenvalue weighted by atomic mass is 35.5. The van der Waals surface area contributed by atoms with E-state index in [4.69, 9.17) is 56.9 Å². The third-order valence-corrected chi connectivity index (χ3v) is 5.98. The Kier molecular flexibility index (Phi) is 14.1. The Morgan fingerprint density at radius 1 is 0.667 bits per heavy atom. The van der Waals surface area contributed by atoms with Gasteiger partial charge in [0.05, 0.1) is 10.0 Å². The van der Waals surface area contributed by atoms with Crippen molar-refractivity contribution in [1.82, 2.24) is 0 Å². The van der Waals surface area contributed by atoms with Gasteiger partial charge in [-0.15, -0.1) is 0 Å². The van der Waals surface area contributed by atoms with Crippen molar-refractivity contribution in [3.8, 4) is 12.1 Å². The Bertz CT molecular complexity index is 1300. The maximum atomic E-state index is 12.1. The third-order valence-electron chi connectivity index (χ3n) is 4.89. The molecule has 0 saturated carbocycles. The average molecular weight is 623 g/mol. The number of halogens is 4. The molecular formula is C28H28Cl4MgN2O4. The highest BCUT2D eigenvalue weighted by Crippen LogP contribution is 2.31. The minimum atomic E-state index is -0.766. The number of carbonyl (C=O) groups excluding carboxylic acids is 2. The molecule has 0 fully saturated rings. The van der Waals surface area contributed by atoms with Crippen molar-refractivity contribution in [2.45, 2.75) is 41.5 Å². The van der Waals surface area contributed by atoms with E-state index in [9.17, 15) is 19.8 Å². The molecule has 0 bridgehead atoms. The van der Waals surface area contributed by atoms with Crippen molar-refractivity contribution in [2.24, 2.45) is 10.8 Å². The normalized spacial score (nSPS) is 12.3. The van der Waals surface area contributed by atoms with Gasteiger partial charge in [-0.1, -0.05) is 87.9 Å². The van der Waals surface area contributed by atoms with Crippen LogP contribution in [0.3, 0.4) is 0 Å². The summed E-state index contributed by atoms with van der Waals surface area (Å²) in [5, 5.41) is 39.5. The van der Waals surface area contributed by atoms with Gasteiger partial charge in [0.15, 0.2) is 11.6 Å². The molecule has 0 aliphatic heterocycles. The monoisotopic (exact) mass is 620 g/mol. The van der Waals surface area contributed by atoms with E-state index >= 15 is 0 Å². The van der Waals surface area contributed by atoms with Crippen LogP contribution in [0.4, 0.5) is 0 Å². The molecule has 2 rings (SSSR count). The van der Waals surface area contributed by atoms with E-state index < -0.39 is 33.9 Å². The molecule has 0 amide bonds. The van der Waals surface area contributed by atoms with Crippen LogP contribution in [0.15, 0.2) is 47.5 Å². The number of carbonyl (C=O) groups is 2. The fourth-order valence-electron chi connectivity index (χ4n) is 2.80. The largest absolute Gasteiger partial charge is 0.506 e. The van der Waals surface area contributed by atoms with Crippen molar-refractivity contribution < 1.29 is 19.8 Å².